The number of carbonyl (C=O) groups is 1. The highest BCUT2D eigenvalue weighted by atomic mass is 19.1. The summed E-state index contributed by atoms with van der Waals surface area (Å²) in [4.78, 5) is 15.0. The maximum Gasteiger partial charge on any atom is 0.222 e. The fourth-order valence-corrected chi connectivity index (χ4v) is 5.18. The molecular weight excluding hydrogens is 459 g/mol. The highest BCUT2D eigenvalue weighted by molar-refractivity contribution is 5.76. The molecule has 198 valence electrons. The Morgan fingerprint density at radius 1 is 1.22 bits per heavy atom. The average molecular weight is 501 g/mol. The van der Waals surface area contributed by atoms with E-state index in [0.717, 1.165) is 38.8 Å². The number of halogens is 1. The quantitative estimate of drug-likeness (QED) is 0.374. The molecule has 1 aliphatic heterocycles. The third kappa shape index (κ3) is 7.51. The number of unbranched alkanes of at least 4 members (excludes halogenated alkanes) is 1. The topological polar surface area (TPSA) is 71.0 Å². The van der Waals surface area contributed by atoms with E-state index in [1.807, 2.05) is 36.2 Å². The highest BCUT2D eigenvalue weighted by Crippen LogP contribution is 2.44. The molecule has 0 unspecified atom stereocenters. The number of nitrogens with one attached hydrogen (secondary N) is 1. The molecule has 6 nitrogen and oxygen atoms in total. The van der Waals surface area contributed by atoms with E-state index < -0.39 is 5.60 Å². The molecule has 0 spiro atoms. The maximum absolute atomic E-state index is 13.4. The van der Waals surface area contributed by atoms with Gasteiger partial charge in [0.05, 0.1) is 5.60 Å². The molecule has 1 saturated heterocycles. The van der Waals surface area contributed by atoms with Gasteiger partial charge in [-0.1, -0.05) is 25.1 Å². The van der Waals surface area contributed by atoms with Crippen LogP contribution in [0.2, 0.25) is 0 Å². The van der Waals surface area contributed by atoms with E-state index in [0.29, 0.717) is 43.1 Å². The molecule has 1 aliphatic rings. The number of benzene rings is 2. The zero-order valence-corrected chi connectivity index (χ0v) is 21.8. The molecule has 0 saturated carbocycles. The molecule has 0 aliphatic carbocycles. The largest absolute Gasteiger partial charge is 0.457 e. The summed E-state index contributed by atoms with van der Waals surface area (Å²) in [7, 11) is 3.57. The Hall–Kier alpha value is -2.48. The number of nitrogens with zero attached hydrogens (tertiary/aromatic N) is 1. The van der Waals surface area contributed by atoms with Crippen molar-refractivity contribution < 1.29 is 23.8 Å². The van der Waals surface area contributed by atoms with Crippen LogP contribution in [0.4, 0.5) is 4.39 Å². The first kappa shape index (κ1) is 28.1. The Balaban J connectivity index is 1.87. The Kier molecular flexibility index (Phi) is 10.7. The van der Waals surface area contributed by atoms with Crippen LogP contribution in [0.25, 0.3) is 0 Å². The zero-order chi connectivity index (χ0) is 26.0. The van der Waals surface area contributed by atoms with Gasteiger partial charge in [-0.05, 0) is 81.9 Å². The number of carbonyl (C=O) groups excluding carboxylic acids is 1. The van der Waals surface area contributed by atoms with Crippen LogP contribution in [0, 0.1) is 17.7 Å². The average Bonchev–Trinajstić information content (AvgIpc) is 2.88. The lowest BCUT2D eigenvalue weighted by molar-refractivity contribution is -0.137. The van der Waals surface area contributed by atoms with E-state index in [2.05, 4.69) is 12.2 Å². The lowest BCUT2D eigenvalue weighted by Gasteiger charge is -2.43. The van der Waals surface area contributed by atoms with Gasteiger partial charge in [-0.3, -0.25) is 4.79 Å². The number of likely N-dealkylation sites (tertiary alicyclic amines) is 1. The number of rotatable bonds is 13. The van der Waals surface area contributed by atoms with Crippen LogP contribution in [-0.2, 0) is 15.1 Å². The molecular formula is C29H41FN2O4. The van der Waals surface area contributed by atoms with Crippen LogP contribution in [-0.4, -0.2) is 56.3 Å². The molecule has 7 heteroatoms. The van der Waals surface area contributed by atoms with Gasteiger partial charge in [0.15, 0.2) is 0 Å². The molecule has 2 N–H and O–H groups in total. The van der Waals surface area contributed by atoms with Gasteiger partial charge in [0.1, 0.15) is 17.3 Å². The van der Waals surface area contributed by atoms with Gasteiger partial charge in [0, 0.05) is 44.7 Å². The van der Waals surface area contributed by atoms with E-state index in [4.69, 9.17) is 9.47 Å². The van der Waals surface area contributed by atoms with Crippen LogP contribution in [0.15, 0.2) is 48.5 Å². The number of para-hydroxylation sites is 1. The van der Waals surface area contributed by atoms with E-state index >= 15 is 0 Å². The summed E-state index contributed by atoms with van der Waals surface area (Å²) < 4.78 is 24.8. The van der Waals surface area contributed by atoms with Crippen molar-refractivity contribution in [1.82, 2.24) is 10.2 Å². The standard InChI is InChI=1S/C29H41FN2O4/c1-22(20-31-2)19-28(33)32-17-8-9-23(21-32)29(34,16-6-7-18-35-3)26-10-4-5-11-27(26)36-25-14-12-24(30)13-15-25/h4-5,10-15,22-23,31,34H,6-9,16-21H2,1-3H3/t22-,23-,29+/m1/s1. The second kappa shape index (κ2) is 13.7. The van der Waals surface area contributed by atoms with Gasteiger partial charge in [0.2, 0.25) is 5.91 Å². The summed E-state index contributed by atoms with van der Waals surface area (Å²) in [6, 6.07) is 13.4. The number of ether oxygens (including phenoxy) is 2. The predicted molar refractivity (Wildman–Crippen MR) is 140 cm³/mol. The molecule has 2 aromatic rings. The minimum absolute atomic E-state index is 0.129. The third-order valence-electron chi connectivity index (χ3n) is 7.08. The van der Waals surface area contributed by atoms with Gasteiger partial charge in [-0.15, -0.1) is 0 Å². The van der Waals surface area contributed by atoms with Crippen molar-refractivity contribution in [1.29, 1.82) is 0 Å². The number of hydrogen-bond donors (Lipinski definition) is 2. The lowest BCUT2D eigenvalue weighted by Crippen LogP contribution is -2.48. The van der Waals surface area contributed by atoms with Crippen molar-refractivity contribution in [3.05, 3.63) is 59.9 Å². The van der Waals surface area contributed by atoms with Crippen LogP contribution < -0.4 is 10.1 Å². The first-order valence-electron chi connectivity index (χ1n) is 13.0. The van der Waals surface area contributed by atoms with Gasteiger partial charge in [0.25, 0.3) is 0 Å². The van der Waals surface area contributed by atoms with Crippen molar-refractivity contribution >= 4 is 5.91 Å². The molecule has 1 heterocycles. The molecule has 1 amide bonds. The molecule has 2 aromatic carbocycles. The summed E-state index contributed by atoms with van der Waals surface area (Å²) >= 11 is 0. The van der Waals surface area contributed by atoms with Crippen molar-refractivity contribution in [2.75, 3.05) is 40.4 Å². The van der Waals surface area contributed by atoms with E-state index in [-0.39, 0.29) is 23.6 Å². The number of aliphatic hydroxyl groups is 1. The SMILES string of the molecule is CNC[C@H](C)CC(=O)N1CCC[C@@H]([C@@](O)(CCCCOC)c2ccccc2Oc2ccc(F)cc2)C1. The molecule has 1 fully saturated rings. The lowest BCUT2D eigenvalue weighted by atomic mass is 9.73. The number of amides is 1. The summed E-state index contributed by atoms with van der Waals surface area (Å²) in [5.41, 5.74) is -0.477. The molecule has 0 aromatic heterocycles. The van der Waals surface area contributed by atoms with Crippen molar-refractivity contribution in [2.45, 2.75) is 51.0 Å². The second-order valence-electron chi connectivity index (χ2n) is 9.97. The predicted octanol–water partition coefficient (Wildman–Crippen LogP) is 5.11. The number of piperidine rings is 1. The molecule has 3 rings (SSSR count). The molecule has 3 atom stereocenters. The second-order valence-corrected chi connectivity index (χ2v) is 9.97. The van der Waals surface area contributed by atoms with E-state index in [1.165, 1.54) is 12.1 Å². The van der Waals surface area contributed by atoms with Crippen LogP contribution >= 0.6 is 0 Å². The van der Waals surface area contributed by atoms with Crippen molar-refractivity contribution in [2.24, 2.45) is 11.8 Å². The molecule has 0 bridgehead atoms. The smallest absolute Gasteiger partial charge is 0.222 e. The van der Waals surface area contributed by atoms with E-state index in [1.54, 1.807) is 19.2 Å². The fraction of sp³-hybridized carbons (Fsp3) is 0.552. The molecule has 36 heavy (non-hydrogen) atoms. The van der Waals surface area contributed by atoms with Crippen LogP contribution in [0.3, 0.4) is 0 Å². The maximum atomic E-state index is 13.4. The normalized spacial score (nSPS) is 18.5. The first-order valence-corrected chi connectivity index (χ1v) is 13.0. The van der Waals surface area contributed by atoms with Crippen molar-refractivity contribution in [3.8, 4) is 11.5 Å². The van der Waals surface area contributed by atoms with Gasteiger partial charge in [-0.2, -0.15) is 0 Å². The molecule has 0 radical (unpaired) electrons. The Morgan fingerprint density at radius 2 is 1.97 bits per heavy atom. The fourth-order valence-electron chi connectivity index (χ4n) is 5.18. The Bertz CT molecular complexity index is 955. The minimum Gasteiger partial charge on any atom is -0.457 e. The van der Waals surface area contributed by atoms with Gasteiger partial charge < -0.3 is 24.8 Å². The van der Waals surface area contributed by atoms with E-state index in [9.17, 15) is 14.3 Å². The Morgan fingerprint density at radius 3 is 2.69 bits per heavy atom. The van der Waals surface area contributed by atoms with Gasteiger partial charge in [-0.25, -0.2) is 4.39 Å². The first-order chi connectivity index (χ1) is 17.4. The van der Waals surface area contributed by atoms with Crippen LogP contribution in [0.1, 0.15) is 51.0 Å². The number of hydrogen-bond acceptors (Lipinski definition) is 5. The minimum atomic E-state index is -1.18. The summed E-state index contributed by atoms with van der Waals surface area (Å²) in [5.74, 6) is 0.978. The van der Waals surface area contributed by atoms with Gasteiger partial charge >= 0.3 is 0 Å². The highest BCUT2D eigenvalue weighted by Gasteiger charge is 2.42. The third-order valence-corrected chi connectivity index (χ3v) is 7.08. The summed E-state index contributed by atoms with van der Waals surface area (Å²) in [6.07, 6.45) is 4.29. The summed E-state index contributed by atoms with van der Waals surface area (Å²) in [5, 5.41) is 15.5. The Labute approximate surface area is 214 Å². The van der Waals surface area contributed by atoms with Crippen molar-refractivity contribution in [3.63, 3.8) is 0 Å². The zero-order valence-electron chi connectivity index (χ0n) is 21.8. The number of methoxy groups -OCH3 is 1. The summed E-state index contributed by atoms with van der Waals surface area (Å²) in [6.45, 7) is 4.72. The van der Waals surface area contributed by atoms with Crippen LogP contribution in [0.5, 0.6) is 11.5 Å². The monoisotopic (exact) mass is 500 g/mol.